The number of aromatic hydroxyl groups is 1. The van der Waals surface area contributed by atoms with Crippen LogP contribution in [0.15, 0.2) is 36.7 Å². The van der Waals surface area contributed by atoms with Gasteiger partial charge in [-0.05, 0) is 6.92 Å². The summed E-state index contributed by atoms with van der Waals surface area (Å²) in [5.74, 6) is 0.0388. The van der Waals surface area contributed by atoms with Crippen LogP contribution in [-0.2, 0) is 9.53 Å². The van der Waals surface area contributed by atoms with Crippen molar-refractivity contribution in [1.82, 2.24) is 14.6 Å². The minimum atomic E-state index is -0.0885. The second-order valence-corrected chi connectivity index (χ2v) is 7.78. The van der Waals surface area contributed by atoms with E-state index in [0.29, 0.717) is 11.6 Å². The molecule has 3 aromatic rings. The van der Waals surface area contributed by atoms with E-state index in [1.807, 2.05) is 25.1 Å². The van der Waals surface area contributed by atoms with Gasteiger partial charge in [0.25, 0.3) is 0 Å². The van der Waals surface area contributed by atoms with Crippen LogP contribution in [0.3, 0.4) is 0 Å². The minimum absolute atomic E-state index is 0.0113. The van der Waals surface area contributed by atoms with E-state index in [9.17, 15) is 9.90 Å². The molecule has 1 aliphatic rings. The van der Waals surface area contributed by atoms with Crippen LogP contribution in [0.5, 0.6) is 5.88 Å². The van der Waals surface area contributed by atoms with Crippen LogP contribution in [0.1, 0.15) is 36.2 Å². The van der Waals surface area contributed by atoms with E-state index >= 15 is 0 Å². The van der Waals surface area contributed by atoms with Crippen molar-refractivity contribution in [2.75, 3.05) is 19.7 Å². The Balaban J connectivity index is 1.63. The Kier molecular flexibility index (Phi) is 5.09. The maximum atomic E-state index is 12.1. The molecule has 8 heteroatoms. The van der Waals surface area contributed by atoms with Gasteiger partial charge in [-0.2, -0.15) is 9.61 Å². The molecule has 1 atom stereocenters. The fraction of sp³-hybridized carbons (Fsp3) is 0.421. The number of hydrogen-bond donors (Lipinski definition) is 2. The Morgan fingerprint density at radius 1 is 1.37 bits per heavy atom. The Morgan fingerprint density at radius 3 is 2.78 bits per heavy atom. The molecule has 142 valence electrons. The smallest absolute Gasteiger partial charge is 0.309 e. The number of rotatable bonds is 5. The third-order valence-corrected chi connectivity index (χ3v) is 6.29. The number of aromatic nitrogens is 3. The molecule has 0 radical (unpaired) electrons. The molecule has 1 saturated heterocycles. The van der Waals surface area contributed by atoms with Crippen molar-refractivity contribution in [3.63, 3.8) is 0 Å². The van der Waals surface area contributed by atoms with Gasteiger partial charge >= 0.3 is 5.97 Å². The first-order chi connectivity index (χ1) is 13.2. The summed E-state index contributed by atoms with van der Waals surface area (Å²) in [6, 6.07) is 10.2. The van der Waals surface area contributed by atoms with Gasteiger partial charge in [0.1, 0.15) is 11.2 Å². The highest BCUT2D eigenvalue weighted by Crippen LogP contribution is 2.35. The summed E-state index contributed by atoms with van der Waals surface area (Å²) in [7, 11) is 0. The summed E-state index contributed by atoms with van der Waals surface area (Å²) in [4.78, 5) is 19.2. The Hall–Kier alpha value is -2.45. The van der Waals surface area contributed by atoms with Crippen molar-refractivity contribution in [3.05, 3.63) is 47.1 Å². The molecule has 0 saturated carbocycles. The predicted molar refractivity (Wildman–Crippen MR) is 101 cm³/mol. The van der Waals surface area contributed by atoms with E-state index in [1.165, 1.54) is 27.1 Å². The maximum Gasteiger partial charge on any atom is 0.309 e. The Labute approximate surface area is 161 Å². The molecule has 0 spiro atoms. The van der Waals surface area contributed by atoms with Gasteiger partial charge < -0.3 is 14.7 Å². The summed E-state index contributed by atoms with van der Waals surface area (Å²) >= 11 is 1.47. The standard InChI is InChI=1S/C19H22N4O3S/c1-2-26-18(25)14-8-10-22(11-9-14)15(13-6-4-3-5-7-13)16-17(24)23-19(27-16)20-12-21-23/h3-7,12,14-15,24H,2,8-11H2,1H3/p+1/t15-/m1/s1. The summed E-state index contributed by atoms with van der Waals surface area (Å²) < 4.78 is 6.68. The fourth-order valence-corrected chi connectivity index (χ4v) is 4.99. The van der Waals surface area contributed by atoms with Gasteiger partial charge in [0.2, 0.25) is 10.8 Å². The van der Waals surface area contributed by atoms with Crippen molar-refractivity contribution in [2.24, 2.45) is 5.92 Å². The monoisotopic (exact) mass is 387 g/mol. The first-order valence-corrected chi connectivity index (χ1v) is 10.1. The van der Waals surface area contributed by atoms with E-state index in [4.69, 9.17) is 4.74 Å². The number of quaternary nitrogens is 1. The molecule has 0 aliphatic carbocycles. The quantitative estimate of drug-likeness (QED) is 0.648. The first kappa shape index (κ1) is 17.9. The fourth-order valence-electron chi connectivity index (χ4n) is 3.87. The Bertz CT molecular complexity index is 916. The molecule has 0 bridgehead atoms. The lowest BCUT2D eigenvalue weighted by atomic mass is 9.94. The van der Waals surface area contributed by atoms with Crippen LogP contribution in [-0.4, -0.2) is 45.4 Å². The van der Waals surface area contributed by atoms with Gasteiger partial charge in [-0.15, -0.1) is 0 Å². The number of benzene rings is 1. The number of nitrogens with zero attached hydrogens (tertiary/aromatic N) is 3. The third-order valence-electron chi connectivity index (χ3n) is 5.19. The molecule has 7 nitrogen and oxygen atoms in total. The first-order valence-electron chi connectivity index (χ1n) is 9.26. The molecular formula is C19H23N4O3S+. The van der Waals surface area contributed by atoms with Gasteiger partial charge in [0, 0.05) is 18.4 Å². The van der Waals surface area contributed by atoms with Crippen molar-refractivity contribution < 1.29 is 19.5 Å². The number of hydrogen-bond acceptors (Lipinski definition) is 6. The van der Waals surface area contributed by atoms with Gasteiger partial charge in [-0.3, -0.25) is 4.79 Å². The van der Waals surface area contributed by atoms with Gasteiger partial charge in [0.15, 0.2) is 6.04 Å². The van der Waals surface area contributed by atoms with Crippen molar-refractivity contribution in [1.29, 1.82) is 0 Å². The Morgan fingerprint density at radius 2 is 2.11 bits per heavy atom. The van der Waals surface area contributed by atoms with Gasteiger partial charge in [-0.25, -0.2) is 4.98 Å². The lowest BCUT2D eigenvalue weighted by Crippen LogP contribution is -3.13. The molecular weight excluding hydrogens is 364 g/mol. The molecule has 1 fully saturated rings. The van der Waals surface area contributed by atoms with E-state index in [-0.39, 0.29) is 23.8 Å². The number of piperidine rings is 1. The number of carbonyl (C=O) groups is 1. The molecule has 0 unspecified atom stereocenters. The van der Waals surface area contributed by atoms with Crippen molar-refractivity contribution in [3.8, 4) is 5.88 Å². The number of nitrogens with one attached hydrogen (secondary N) is 1. The van der Waals surface area contributed by atoms with Crippen LogP contribution in [0.25, 0.3) is 4.96 Å². The summed E-state index contributed by atoms with van der Waals surface area (Å²) in [5.41, 5.74) is 1.14. The van der Waals surface area contributed by atoms with Crippen molar-refractivity contribution in [2.45, 2.75) is 25.8 Å². The van der Waals surface area contributed by atoms with Crippen LogP contribution in [0.2, 0.25) is 0 Å². The number of likely N-dealkylation sites (tertiary alicyclic amines) is 1. The number of esters is 1. The molecule has 4 rings (SSSR count). The van der Waals surface area contributed by atoms with Crippen LogP contribution >= 0.6 is 11.3 Å². The third kappa shape index (κ3) is 3.42. The minimum Gasteiger partial charge on any atom is -0.492 e. The highest BCUT2D eigenvalue weighted by Gasteiger charge is 2.37. The number of ether oxygens (including phenoxy) is 1. The number of carbonyl (C=O) groups excluding carboxylic acids is 1. The second-order valence-electron chi connectivity index (χ2n) is 6.77. The zero-order valence-electron chi connectivity index (χ0n) is 15.2. The van der Waals surface area contributed by atoms with Gasteiger partial charge in [-0.1, -0.05) is 41.7 Å². The highest BCUT2D eigenvalue weighted by molar-refractivity contribution is 7.17. The average Bonchev–Trinajstić information content (AvgIpc) is 3.27. The van der Waals surface area contributed by atoms with E-state index in [0.717, 1.165) is 36.4 Å². The van der Waals surface area contributed by atoms with Crippen LogP contribution in [0, 0.1) is 5.92 Å². The second kappa shape index (κ2) is 7.66. The van der Waals surface area contributed by atoms with E-state index in [2.05, 4.69) is 22.2 Å². The van der Waals surface area contributed by atoms with Gasteiger partial charge in [0.05, 0.1) is 25.6 Å². The molecule has 3 heterocycles. The maximum absolute atomic E-state index is 12.1. The molecule has 0 amide bonds. The lowest BCUT2D eigenvalue weighted by Gasteiger charge is -2.33. The van der Waals surface area contributed by atoms with E-state index in [1.54, 1.807) is 0 Å². The summed E-state index contributed by atoms with van der Waals surface area (Å²) in [6.07, 6.45) is 3.03. The predicted octanol–water partition coefficient (Wildman–Crippen LogP) is 1.44. The lowest BCUT2D eigenvalue weighted by molar-refractivity contribution is -0.930. The highest BCUT2D eigenvalue weighted by atomic mass is 32.1. The summed E-state index contributed by atoms with van der Waals surface area (Å²) in [5, 5.41) is 14.8. The average molecular weight is 387 g/mol. The summed E-state index contributed by atoms with van der Waals surface area (Å²) in [6.45, 7) is 3.95. The topological polar surface area (TPSA) is 81.2 Å². The molecule has 1 aliphatic heterocycles. The zero-order chi connectivity index (χ0) is 18.8. The number of fused-ring (bicyclic) bond motifs is 1. The normalized spacial score (nSPS) is 21.2. The van der Waals surface area contributed by atoms with Crippen LogP contribution in [0.4, 0.5) is 0 Å². The molecule has 2 aromatic heterocycles. The number of thiazole rings is 1. The van der Waals surface area contributed by atoms with E-state index < -0.39 is 0 Å². The molecule has 2 N–H and O–H groups in total. The molecule has 1 aromatic carbocycles. The van der Waals surface area contributed by atoms with Crippen molar-refractivity contribution >= 4 is 22.3 Å². The van der Waals surface area contributed by atoms with Crippen LogP contribution < -0.4 is 4.90 Å². The SMILES string of the molecule is CCOC(=O)C1CC[NH+]([C@H](c2ccccc2)c2sc3ncnn3c2O)CC1. The zero-order valence-corrected chi connectivity index (χ0v) is 16.0. The molecule has 27 heavy (non-hydrogen) atoms. The largest absolute Gasteiger partial charge is 0.492 e.